The number of likely N-dealkylation sites (tertiary alicyclic amines) is 1. The predicted molar refractivity (Wildman–Crippen MR) is 71.4 cm³/mol. The summed E-state index contributed by atoms with van der Waals surface area (Å²) in [5, 5.41) is 0. The Labute approximate surface area is 108 Å². The molecule has 0 bridgehead atoms. The molecule has 2 rings (SSSR count). The standard InChI is InChI=1S/C14H20N2O2/c15-12-6-3-4-7-13(12)18-11-10-16-9-5-1-2-8-14(16)17/h3-4,6-7H,1-2,5,8-11,15H2. The molecular weight excluding hydrogens is 228 g/mol. The van der Waals surface area contributed by atoms with E-state index in [1.807, 2.05) is 29.2 Å². The molecule has 4 heteroatoms. The third kappa shape index (κ3) is 3.39. The first kappa shape index (κ1) is 12.7. The lowest BCUT2D eigenvalue weighted by Crippen LogP contribution is -2.34. The molecule has 0 aliphatic carbocycles. The number of ether oxygens (including phenoxy) is 1. The number of benzene rings is 1. The van der Waals surface area contributed by atoms with E-state index in [9.17, 15) is 4.79 Å². The van der Waals surface area contributed by atoms with Crippen LogP contribution in [-0.2, 0) is 4.79 Å². The van der Waals surface area contributed by atoms with Crippen molar-refractivity contribution in [2.45, 2.75) is 25.7 Å². The zero-order chi connectivity index (χ0) is 12.8. The number of amides is 1. The number of anilines is 1. The number of nitrogens with two attached hydrogens (primary N) is 1. The van der Waals surface area contributed by atoms with Crippen molar-refractivity contribution < 1.29 is 9.53 Å². The van der Waals surface area contributed by atoms with Crippen molar-refractivity contribution in [3.63, 3.8) is 0 Å². The van der Waals surface area contributed by atoms with Crippen LogP contribution in [0, 0.1) is 0 Å². The summed E-state index contributed by atoms with van der Waals surface area (Å²) in [5.41, 5.74) is 6.43. The van der Waals surface area contributed by atoms with Crippen LogP contribution >= 0.6 is 0 Å². The minimum absolute atomic E-state index is 0.247. The molecule has 1 heterocycles. The Morgan fingerprint density at radius 1 is 1.22 bits per heavy atom. The highest BCUT2D eigenvalue weighted by atomic mass is 16.5. The second-order valence-corrected chi connectivity index (χ2v) is 4.58. The molecule has 18 heavy (non-hydrogen) atoms. The molecule has 1 aliphatic rings. The van der Waals surface area contributed by atoms with Crippen LogP contribution in [0.4, 0.5) is 5.69 Å². The molecule has 0 radical (unpaired) electrons. The molecular formula is C14H20N2O2. The van der Waals surface area contributed by atoms with Crippen molar-refractivity contribution >= 4 is 11.6 Å². The zero-order valence-electron chi connectivity index (χ0n) is 10.6. The lowest BCUT2D eigenvalue weighted by molar-refractivity contribution is -0.131. The van der Waals surface area contributed by atoms with Crippen LogP contribution < -0.4 is 10.5 Å². The summed E-state index contributed by atoms with van der Waals surface area (Å²) < 4.78 is 5.61. The Morgan fingerprint density at radius 2 is 2.06 bits per heavy atom. The molecule has 4 nitrogen and oxygen atoms in total. The Bertz CT molecular complexity index is 407. The van der Waals surface area contributed by atoms with Crippen molar-refractivity contribution in [3.05, 3.63) is 24.3 Å². The van der Waals surface area contributed by atoms with E-state index >= 15 is 0 Å². The number of hydrogen-bond acceptors (Lipinski definition) is 3. The molecule has 0 saturated carbocycles. The smallest absolute Gasteiger partial charge is 0.222 e. The van der Waals surface area contributed by atoms with Gasteiger partial charge in [0, 0.05) is 13.0 Å². The van der Waals surface area contributed by atoms with E-state index in [1.165, 1.54) is 0 Å². The number of nitrogen functional groups attached to an aromatic ring is 1. The summed E-state index contributed by atoms with van der Waals surface area (Å²) in [6, 6.07) is 7.43. The van der Waals surface area contributed by atoms with Gasteiger partial charge in [-0.25, -0.2) is 0 Å². The zero-order valence-corrected chi connectivity index (χ0v) is 10.6. The monoisotopic (exact) mass is 248 g/mol. The SMILES string of the molecule is Nc1ccccc1OCCN1CCCCCC1=O. The predicted octanol–water partition coefficient (Wildman–Crippen LogP) is 2.05. The van der Waals surface area contributed by atoms with Gasteiger partial charge in [-0.15, -0.1) is 0 Å². The number of hydrogen-bond donors (Lipinski definition) is 1. The van der Waals surface area contributed by atoms with Crippen LogP contribution in [0.1, 0.15) is 25.7 Å². The van der Waals surface area contributed by atoms with Gasteiger partial charge >= 0.3 is 0 Å². The molecule has 2 N–H and O–H groups in total. The number of para-hydroxylation sites is 2. The number of rotatable bonds is 4. The lowest BCUT2D eigenvalue weighted by atomic mass is 10.2. The van der Waals surface area contributed by atoms with Gasteiger partial charge in [-0.1, -0.05) is 18.6 Å². The van der Waals surface area contributed by atoms with Gasteiger partial charge in [0.05, 0.1) is 12.2 Å². The first-order valence-corrected chi connectivity index (χ1v) is 6.52. The summed E-state index contributed by atoms with van der Waals surface area (Å²) >= 11 is 0. The summed E-state index contributed by atoms with van der Waals surface area (Å²) in [4.78, 5) is 13.7. The maximum Gasteiger partial charge on any atom is 0.222 e. The van der Waals surface area contributed by atoms with Crippen LogP contribution in [0.3, 0.4) is 0 Å². The fraction of sp³-hybridized carbons (Fsp3) is 0.500. The molecule has 0 aromatic heterocycles. The van der Waals surface area contributed by atoms with Gasteiger partial charge in [-0.3, -0.25) is 4.79 Å². The van der Waals surface area contributed by atoms with Crippen LogP contribution in [0.25, 0.3) is 0 Å². The van der Waals surface area contributed by atoms with Gasteiger partial charge in [-0.05, 0) is 25.0 Å². The van der Waals surface area contributed by atoms with Crippen molar-refractivity contribution in [3.8, 4) is 5.75 Å². The van der Waals surface area contributed by atoms with Crippen LogP contribution in [0.5, 0.6) is 5.75 Å². The van der Waals surface area contributed by atoms with Crippen LogP contribution in [0.2, 0.25) is 0 Å². The van der Waals surface area contributed by atoms with E-state index in [2.05, 4.69) is 0 Å². The quantitative estimate of drug-likeness (QED) is 0.830. The van der Waals surface area contributed by atoms with E-state index < -0.39 is 0 Å². The highest BCUT2D eigenvalue weighted by Gasteiger charge is 2.16. The van der Waals surface area contributed by atoms with E-state index in [1.54, 1.807) is 0 Å². The van der Waals surface area contributed by atoms with E-state index in [-0.39, 0.29) is 5.91 Å². The Kier molecular flexibility index (Phi) is 4.45. The van der Waals surface area contributed by atoms with Gasteiger partial charge in [0.15, 0.2) is 0 Å². The molecule has 0 unspecified atom stereocenters. The largest absolute Gasteiger partial charge is 0.490 e. The molecule has 1 aromatic carbocycles. The van der Waals surface area contributed by atoms with Crippen LogP contribution in [-0.4, -0.2) is 30.5 Å². The summed E-state index contributed by atoms with van der Waals surface area (Å²) in [5.74, 6) is 0.942. The van der Waals surface area contributed by atoms with E-state index in [0.29, 0.717) is 31.0 Å². The van der Waals surface area contributed by atoms with Crippen LogP contribution in [0.15, 0.2) is 24.3 Å². The van der Waals surface area contributed by atoms with Gasteiger partial charge < -0.3 is 15.4 Å². The maximum absolute atomic E-state index is 11.8. The van der Waals surface area contributed by atoms with Crippen molar-refractivity contribution in [2.24, 2.45) is 0 Å². The summed E-state index contributed by atoms with van der Waals surface area (Å²) in [6.45, 7) is 2.00. The second-order valence-electron chi connectivity index (χ2n) is 4.58. The van der Waals surface area contributed by atoms with Gasteiger partial charge in [0.25, 0.3) is 0 Å². The Balaban J connectivity index is 1.81. The van der Waals surface area contributed by atoms with Crippen molar-refractivity contribution in [1.29, 1.82) is 0 Å². The van der Waals surface area contributed by atoms with E-state index in [4.69, 9.17) is 10.5 Å². The highest BCUT2D eigenvalue weighted by molar-refractivity contribution is 5.76. The third-order valence-corrected chi connectivity index (χ3v) is 3.21. The van der Waals surface area contributed by atoms with E-state index in [0.717, 1.165) is 25.8 Å². The molecule has 1 aliphatic heterocycles. The van der Waals surface area contributed by atoms with Gasteiger partial charge in [0.1, 0.15) is 12.4 Å². The molecule has 98 valence electrons. The number of nitrogens with zero attached hydrogens (tertiary/aromatic N) is 1. The lowest BCUT2D eigenvalue weighted by Gasteiger charge is -2.20. The highest BCUT2D eigenvalue weighted by Crippen LogP contribution is 2.19. The van der Waals surface area contributed by atoms with Crippen molar-refractivity contribution in [1.82, 2.24) is 4.90 Å². The first-order chi connectivity index (χ1) is 8.77. The topological polar surface area (TPSA) is 55.6 Å². The average Bonchev–Trinajstić information content (AvgIpc) is 2.57. The molecule has 0 spiro atoms. The third-order valence-electron chi connectivity index (χ3n) is 3.21. The normalized spacial score (nSPS) is 16.4. The van der Waals surface area contributed by atoms with Gasteiger partial charge in [0.2, 0.25) is 5.91 Å². The number of carbonyl (C=O) groups excluding carboxylic acids is 1. The van der Waals surface area contributed by atoms with Gasteiger partial charge in [-0.2, -0.15) is 0 Å². The fourth-order valence-electron chi connectivity index (χ4n) is 2.15. The molecule has 1 saturated heterocycles. The minimum Gasteiger partial charge on any atom is -0.490 e. The molecule has 0 atom stereocenters. The van der Waals surface area contributed by atoms with Crippen molar-refractivity contribution in [2.75, 3.05) is 25.4 Å². The summed E-state index contributed by atoms with van der Waals surface area (Å²) in [7, 11) is 0. The minimum atomic E-state index is 0.247. The molecule has 1 aromatic rings. The molecule has 1 amide bonds. The fourth-order valence-corrected chi connectivity index (χ4v) is 2.15. The Hall–Kier alpha value is -1.71. The molecule has 1 fully saturated rings. The summed E-state index contributed by atoms with van der Waals surface area (Å²) in [6.07, 6.45) is 3.93. The Morgan fingerprint density at radius 3 is 2.89 bits per heavy atom. The second kappa shape index (κ2) is 6.28. The average molecular weight is 248 g/mol. The number of carbonyl (C=O) groups is 1. The maximum atomic E-state index is 11.8. The first-order valence-electron chi connectivity index (χ1n) is 6.52.